The van der Waals surface area contributed by atoms with Gasteiger partial charge in [-0.15, -0.1) is 0 Å². The van der Waals surface area contributed by atoms with E-state index in [1.807, 2.05) is 11.8 Å². The number of hydrogen-bond donors (Lipinski definition) is 1. The van der Waals surface area contributed by atoms with E-state index in [2.05, 4.69) is 17.2 Å². The first-order chi connectivity index (χ1) is 6.83. The molecule has 82 valence electrons. The van der Waals surface area contributed by atoms with Crippen molar-refractivity contribution in [2.24, 2.45) is 10.9 Å². The molecule has 0 aromatic rings. The highest BCUT2D eigenvalue weighted by atomic mass is 32.2. The molecule has 0 aromatic carbocycles. The molecule has 0 spiro atoms. The fraction of sp³-hybridized carbons (Fsp3) is 0.900. The van der Waals surface area contributed by atoms with Crippen LogP contribution in [0.4, 0.5) is 0 Å². The van der Waals surface area contributed by atoms with Crippen molar-refractivity contribution in [3.63, 3.8) is 0 Å². The molecule has 0 saturated heterocycles. The highest BCUT2D eigenvalue weighted by Crippen LogP contribution is 2.15. The second-order valence-electron chi connectivity index (χ2n) is 3.69. The molecule has 0 amide bonds. The van der Waals surface area contributed by atoms with Crippen molar-refractivity contribution in [1.29, 1.82) is 0 Å². The van der Waals surface area contributed by atoms with Gasteiger partial charge in [0.15, 0.2) is 5.17 Å². The Morgan fingerprint density at radius 2 is 2.43 bits per heavy atom. The summed E-state index contributed by atoms with van der Waals surface area (Å²) in [4.78, 5) is 4.47. The van der Waals surface area contributed by atoms with Gasteiger partial charge in [-0.2, -0.15) is 0 Å². The van der Waals surface area contributed by atoms with Crippen molar-refractivity contribution in [3.8, 4) is 0 Å². The molecule has 1 unspecified atom stereocenters. The Balaban J connectivity index is 2.01. The van der Waals surface area contributed by atoms with Crippen LogP contribution in [0.3, 0.4) is 0 Å². The number of hydrogen-bond acceptors (Lipinski definition) is 4. The first kappa shape index (κ1) is 11.9. The summed E-state index contributed by atoms with van der Waals surface area (Å²) in [6.45, 7) is 5.10. The predicted molar refractivity (Wildman–Crippen MR) is 63.0 cm³/mol. The summed E-state index contributed by atoms with van der Waals surface area (Å²) >= 11 is 1.84. The van der Waals surface area contributed by atoms with Crippen LogP contribution in [0.1, 0.15) is 19.8 Å². The van der Waals surface area contributed by atoms with Gasteiger partial charge in [-0.25, -0.2) is 0 Å². The third kappa shape index (κ3) is 4.86. The maximum atomic E-state index is 4.98. The molecule has 1 heterocycles. The Labute approximate surface area is 90.7 Å². The second-order valence-corrected chi connectivity index (χ2v) is 4.70. The molecule has 1 N–H and O–H groups in total. The molecule has 1 rings (SSSR count). The third-order valence-electron chi connectivity index (χ3n) is 2.10. The van der Waals surface area contributed by atoms with E-state index in [4.69, 9.17) is 4.74 Å². The summed E-state index contributed by atoms with van der Waals surface area (Å²) in [5, 5.41) is 4.48. The minimum atomic E-state index is 0.735. The quantitative estimate of drug-likeness (QED) is 0.711. The predicted octanol–water partition coefficient (Wildman–Crippen LogP) is 1.74. The minimum Gasteiger partial charge on any atom is -0.385 e. The number of methoxy groups -OCH3 is 1. The zero-order valence-electron chi connectivity index (χ0n) is 9.08. The monoisotopic (exact) mass is 216 g/mol. The van der Waals surface area contributed by atoms with Crippen LogP contribution in [0.15, 0.2) is 4.99 Å². The standard InChI is InChI=1S/C10H20N2OS/c1-9-7-12-10(14-8-9)11-5-3-4-6-13-2/h9H,3-8H2,1-2H3,(H,11,12). The second kappa shape index (κ2) is 7.12. The average molecular weight is 216 g/mol. The summed E-state index contributed by atoms with van der Waals surface area (Å²) in [5.41, 5.74) is 0. The maximum absolute atomic E-state index is 4.98. The van der Waals surface area contributed by atoms with Gasteiger partial charge in [-0.1, -0.05) is 18.7 Å². The molecule has 14 heavy (non-hydrogen) atoms. The highest BCUT2D eigenvalue weighted by molar-refractivity contribution is 8.13. The van der Waals surface area contributed by atoms with Gasteiger partial charge in [0.05, 0.1) is 0 Å². The van der Waals surface area contributed by atoms with Crippen LogP contribution in [0.5, 0.6) is 0 Å². The van der Waals surface area contributed by atoms with Gasteiger partial charge < -0.3 is 10.1 Å². The first-order valence-corrected chi connectivity index (χ1v) is 6.21. The fourth-order valence-corrected chi connectivity index (χ4v) is 2.15. The molecular formula is C10H20N2OS. The van der Waals surface area contributed by atoms with E-state index in [-0.39, 0.29) is 0 Å². The van der Waals surface area contributed by atoms with Gasteiger partial charge in [-0.05, 0) is 18.8 Å². The van der Waals surface area contributed by atoms with Gasteiger partial charge in [0.1, 0.15) is 0 Å². The van der Waals surface area contributed by atoms with E-state index in [0.717, 1.165) is 43.6 Å². The summed E-state index contributed by atoms with van der Waals surface area (Å²) < 4.78 is 4.98. The number of ether oxygens (including phenoxy) is 1. The van der Waals surface area contributed by atoms with Crippen molar-refractivity contribution >= 4 is 16.9 Å². The lowest BCUT2D eigenvalue weighted by Crippen LogP contribution is -2.27. The van der Waals surface area contributed by atoms with E-state index in [1.165, 1.54) is 5.75 Å². The molecule has 1 aliphatic heterocycles. The van der Waals surface area contributed by atoms with Crippen LogP contribution in [0.2, 0.25) is 0 Å². The molecule has 0 aromatic heterocycles. The van der Waals surface area contributed by atoms with E-state index < -0.39 is 0 Å². The van der Waals surface area contributed by atoms with Crippen LogP contribution < -0.4 is 5.32 Å². The topological polar surface area (TPSA) is 33.6 Å². The summed E-state index contributed by atoms with van der Waals surface area (Å²) in [7, 11) is 1.75. The Hall–Kier alpha value is -0.220. The summed E-state index contributed by atoms with van der Waals surface area (Å²) in [5.74, 6) is 1.93. The van der Waals surface area contributed by atoms with Crippen LogP contribution in [0, 0.1) is 5.92 Å². The van der Waals surface area contributed by atoms with Gasteiger partial charge in [0.25, 0.3) is 0 Å². The number of nitrogens with one attached hydrogen (secondary N) is 1. The first-order valence-electron chi connectivity index (χ1n) is 5.23. The van der Waals surface area contributed by atoms with E-state index in [1.54, 1.807) is 7.11 Å². The average Bonchev–Trinajstić information content (AvgIpc) is 2.21. The van der Waals surface area contributed by atoms with E-state index in [0.29, 0.717) is 0 Å². The molecule has 0 aliphatic carbocycles. The number of rotatable bonds is 5. The van der Waals surface area contributed by atoms with Crippen LogP contribution in [-0.4, -0.2) is 37.7 Å². The van der Waals surface area contributed by atoms with Gasteiger partial charge >= 0.3 is 0 Å². The van der Waals surface area contributed by atoms with Crippen LogP contribution >= 0.6 is 11.8 Å². The summed E-state index contributed by atoms with van der Waals surface area (Å²) in [6, 6.07) is 0. The Morgan fingerprint density at radius 3 is 3.07 bits per heavy atom. The highest BCUT2D eigenvalue weighted by Gasteiger charge is 2.10. The van der Waals surface area contributed by atoms with Crippen molar-refractivity contribution < 1.29 is 4.74 Å². The zero-order valence-corrected chi connectivity index (χ0v) is 9.90. The minimum absolute atomic E-state index is 0.735. The molecule has 0 saturated carbocycles. The maximum Gasteiger partial charge on any atom is 0.156 e. The molecule has 1 aliphatic rings. The molecule has 3 nitrogen and oxygen atoms in total. The molecule has 4 heteroatoms. The number of thioether (sulfide) groups is 1. The number of nitrogens with zero attached hydrogens (tertiary/aromatic N) is 1. The summed E-state index contributed by atoms with van der Waals surface area (Å²) in [6.07, 6.45) is 2.28. The van der Waals surface area contributed by atoms with Crippen molar-refractivity contribution in [3.05, 3.63) is 0 Å². The smallest absolute Gasteiger partial charge is 0.156 e. The van der Waals surface area contributed by atoms with E-state index in [9.17, 15) is 0 Å². The Morgan fingerprint density at radius 1 is 1.57 bits per heavy atom. The van der Waals surface area contributed by atoms with Crippen molar-refractivity contribution in [2.75, 3.05) is 32.6 Å². The number of unbranched alkanes of at least 4 members (excludes halogenated alkanes) is 1. The Kier molecular flexibility index (Phi) is 6.03. The fourth-order valence-electron chi connectivity index (χ4n) is 1.23. The molecular weight excluding hydrogens is 196 g/mol. The van der Waals surface area contributed by atoms with Crippen LogP contribution in [0.25, 0.3) is 0 Å². The molecule has 0 radical (unpaired) electrons. The lowest BCUT2D eigenvalue weighted by molar-refractivity contribution is 0.193. The van der Waals surface area contributed by atoms with Gasteiger partial charge in [0.2, 0.25) is 0 Å². The third-order valence-corrected chi connectivity index (χ3v) is 3.39. The normalized spacial score (nSPS) is 21.9. The van der Waals surface area contributed by atoms with Crippen molar-refractivity contribution in [2.45, 2.75) is 19.8 Å². The zero-order chi connectivity index (χ0) is 10.2. The largest absolute Gasteiger partial charge is 0.385 e. The van der Waals surface area contributed by atoms with Crippen molar-refractivity contribution in [1.82, 2.24) is 5.32 Å². The van der Waals surface area contributed by atoms with Gasteiger partial charge in [-0.3, -0.25) is 4.99 Å². The lowest BCUT2D eigenvalue weighted by atomic mass is 10.2. The Bertz CT molecular complexity index is 185. The van der Waals surface area contributed by atoms with E-state index >= 15 is 0 Å². The molecule has 0 bridgehead atoms. The lowest BCUT2D eigenvalue weighted by Gasteiger charge is -2.17. The molecule has 0 fully saturated rings. The van der Waals surface area contributed by atoms with Gasteiger partial charge in [0, 0.05) is 32.6 Å². The SMILES string of the molecule is COCCCCNC1=NCC(C)CS1. The number of aliphatic imine (C=N–C) groups is 1. The van der Waals surface area contributed by atoms with Crippen LogP contribution in [-0.2, 0) is 4.74 Å². The number of amidine groups is 1. The molecule has 1 atom stereocenters.